The van der Waals surface area contributed by atoms with E-state index in [4.69, 9.17) is 24.6 Å². The highest BCUT2D eigenvalue weighted by Crippen LogP contribution is 2.57. The van der Waals surface area contributed by atoms with Gasteiger partial charge in [-0.25, -0.2) is 9.59 Å². The molecule has 1 saturated heterocycles. The summed E-state index contributed by atoms with van der Waals surface area (Å²) >= 11 is 0. The summed E-state index contributed by atoms with van der Waals surface area (Å²) in [5, 5.41) is 3.29. The Bertz CT molecular complexity index is 1060. The number of para-hydroxylation sites is 1. The molecule has 11 nitrogen and oxygen atoms in total. The van der Waals surface area contributed by atoms with E-state index in [9.17, 15) is 9.59 Å². The van der Waals surface area contributed by atoms with Gasteiger partial charge in [0.15, 0.2) is 0 Å². The molecule has 0 saturated carbocycles. The van der Waals surface area contributed by atoms with Crippen LogP contribution in [0.1, 0.15) is 11.1 Å². The smallest absolute Gasteiger partial charge is 0.354 e. The molecule has 1 aromatic heterocycles. The van der Waals surface area contributed by atoms with Gasteiger partial charge in [0.2, 0.25) is 0 Å². The van der Waals surface area contributed by atoms with Crippen LogP contribution in [0.5, 0.6) is 5.75 Å². The summed E-state index contributed by atoms with van der Waals surface area (Å²) in [6.07, 6.45) is 2.40. The minimum Gasteiger partial charge on any atom is -0.496 e. The predicted octanol–water partition coefficient (Wildman–Crippen LogP) is 0.795. The average Bonchev–Trinajstić information content (AvgIpc) is 2.99. The summed E-state index contributed by atoms with van der Waals surface area (Å²) in [6.45, 7) is 3.84. The van der Waals surface area contributed by atoms with Crippen molar-refractivity contribution in [1.29, 1.82) is 0 Å². The molecular weight excluding hydrogens is 460 g/mol. The fraction of sp³-hybridized carbons (Fsp3) is 0.364. The molecule has 5 N–H and O–H groups in total. The molecule has 4 rings (SSSR count). The van der Waals surface area contributed by atoms with Crippen molar-refractivity contribution in [2.75, 3.05) is 57.1 Å². The number of anilines is 2. The van der Waals surface area contributed by atoms with Crippen LogP contribution in [0.15, 0.2) is 41.6 Å². The van der Waals surface area contributed by atoms with Crippen molar-refractivity contribution < 1.29 is 22.7 Å². The van der Waals surface area contributed by atoms with E-state index >= 15 is 0 Å². The number of nitrogens with zero attached hydrogens (tertiary/aromatic N) is 3. The number of nitrogen functional groups attached to an aromatic ring is 2. The van der Waals surface area contributed by atoms with Gasteiger partial charge < -0.3 is 29.9 Å². The van der Waals surface area contributed by atoms with E-state index in [1.807, 2.05) is 24.3 Å². The van der Waals surface area contributed by atoms with Gasteiger partial charge >= 0.3 is 11.9 Å². The van der Waals surface area contributed by atoms with Crippen molar-refractivity contribution in [3.8, 4) is 5.75 Å². The second-order valence-electron chi connectivity index (χ2n) is 7.79. The minimum atomic E-state index is -2.99. The number of aromatic nitrogens is 2. The molecule has 182 valence electrons. The first-order valence-corrected chi connectivity index (χ1v) is 12.5. The van der Waals surface area contributed by atoms with Gasteiger partial charge in [0.05, 0.1) is 12.9 Å². The largest absolute Gasteiger partial charge is 0.496 e. The molecule has 34 heavy (non-hydrogen) atoms. The number of hydrogen-bond acceptors (Lipinski definition) is 11. The van der Waals surface area contributed by atoms with E-state index in [0.717, 1.165) is 43.9 Å². The van der Waals surface area contributed by atoms with Crippen LogP contribution in [-0.2, 0) is 24.4 Å². The third-order valence-corrected chi connectivity index (χ3v) is 7.89. The van der Waals surface area contributed by atoms with Gasteiger partial charge in [-0.05, 0) is 22.2 Å². The molecule has 1 aromatic carbocycles. The molecule has 0 aliphatic carbocycles. The number of ether oxygens (including phenoxy) is 1. The number of nitrogens with two attached hydrogens (primary N) is 2. The fourth-order valence-electron chi connectivity index (χ4n) is 3.76. The van der Waals surface area contributed by atoms with Crippen LogP contribution in [-0.4, -0.2) is 72.4 Å². The maximum absolute atomic E-state index is 12.3. The molecular formula is C22H28N6O5S. The topological polar surface area (TPSA) is 155 Å². The van der Waals surface area contributed by atoms with Crippen molar-refractivity contribution in [1.82, 2.24) is 20.2 Å². The van der Waals surface area contributed by atoms with Gasteiger partial charge in [0, 0.05) is 56.9 Å². The zero-order valence-corrected chi connectivity index (χ0v) is 19.7. The zero-order chi connectivity index (χ0) is 24.1. The molecule has 2 aliphatic rings. The number of carbonyl (C=O) groups excluding carboxylic acids is 2. The molecule has 12 heteroatoms. The summed E-state index contributed by atoms with van der Waals surface area (Å²) in [6, 6.07) is 7.48. The summed E-state index contributed by atoms with van der Waals surface area (Å²) in [4.78, 5) is 35.7. The first-order valence-electron chi connectivity index (χ1n) is 10.8. The standard InChI is InChI=1S/C22H28N6O5S/c1-31-17-5-3-2-4-15(17)14-16-20(23)26-22(27-21(16)24)34(13-12-28-10-8-25-9-11-28)32-18(29)6-7-19(30)33-34/h2-7,25H,8-14H2,1H3,(H4,23,24,26,27). The Kier molecular flexibility index (Phi) is 7.20. The summed E-state index contributed by atoms with van der Waals surface area (Å²) in [5.74, 6) is -0.295. The van der Waals surface area contributed by atoms with Gasteiger partial charge in [-0.15, -0.1) is 0 Å². The Morgan fingerprint density at radius 3 is 2.29 bits per heavy atom. The molecule has 3 heterocycles. The van der Waals surface area contributed by atoms with Crippen LogP contribution in [0.3, 0.4) is 0 Å². The Morgan fingerprint density at radius 1 is 1.06 bits per heavy atom. The molecule has 0 spiro atoms. The van der Waals surface area contributed by atoms with Crippen LogP contribution in [0.4, 0.5) is 11.6 Å². The number of methoxy groups -OCH3 is 1. The fourth-order valence-corrected chi connectivity index (χ4v) is 5.91. The Hall–Kier alpha value is -3.35. The average molecular weight is 489 g/mol. The third kappa shape index (κ3) is 5.24. The van der Waals surface area contributed by atoms with E-state index < -0.39 is 22.5 Å². The second-order valence-corrected chi connectivity index (χ2v) is 10.1. The van der Waals surface area contributed by atoms with Crippen molar-refractivity contribution in [2.24, 2.45) is 0 Å². The van der Waals surface area contributed by atoms with Gasteiger partial charge in [-0.1, -0.05) is 18.2 Å². The van der Waals surface area contributed by atoms with Crippen LogP contribution < -0.4 is 21.5 Å². The van der Waals surface area contributed by atoms with E-state index in [-0.39, 0.29) is 22.5 Å². The molecule has 2 aromatic rings. The van der Waals surface area contributed by atoms with Gasteiger partial charge in [-0.3, -0.25) is 4.90 Å². The van der Waals surface area contributed by atoms with Gasteiger partial charge in [0.1, 0.15) is 17.4 Å². The maximum Gasteiger partial charge on any atom is 0.354 e. The molecule has 0 unspecified atom stereocenters. The van der Waals surface area contributed by atoms with Crippen molar-refractivity contribution >= 4 is 34.2 Å². The van der Waals surface area contributed by atoms with Crippen LogP contribution in [0.25, 0.3) is 0 Å². The first kappa shape index (κ1) is 23.8. The summed E-state index contributed by atoms with van der Waals surface area (Å²) < 4.78 is 16.7. The van der Waals surface area contributed by atoms with E-state index in [0.29, 0.717) is 24.3 Å². The van der Waals surface area contributed by atoms with Gasteiger partial charge in [-0.2, -0.15) is 9.97 Å². The van der Waals surface area contributed by atoms with E-state index in [2.05, 4.69) is 20.2 Å². The predicted molar refractivity (Wildman–Crippen MR) is 128 cm³/mol. The highest BCUT2D eigenvalue weighted by molar-refractivity contribution is 8.26. The van der Waals surface area contributed by atoms with Gasteiger partial charge in [0.25, 0.3) is 5.16 Å². The maximum atomic E-state index is 12.3. The number of benzene rings is 1. The highest BCUT2D eigenvalue weighted by Gasteiger charge is 2.37. The Morgan fingerprint density at radius 2 is 1.68 bits per heavy atom. The van der Waals surface area contributed by atoms with Crippen LogP contribution in [0.2, 0.25) is 0 Å². The number of piperazine rings is 1. The lowest BCUT2D eigenvalue weighted by Gasteiger charge is -2.40. The normalized spacial score (nSPS) is 19.1. The Labute approximate surface area is 199 Å². The number of hydrogen-bond donors (Lipinski definition) is 3. The number of carbonyl (C=O) groups is 2. The SMILES string of the molecule is COc1ccccc1Cc1c(N)nc(S2(CCN3CCNCC3)OC(=O)C=CC(=O)O2)nc1N. The number of rotatable bonds is 7. The lowest BCUT2D eigenvalue weighted by molar-refractivity contribution is -0.129. The molecule has 0 atom stereocenters. The minimum absolute atomic E-state index is 0.00631. The summed E-state index contributed by atoms with van der Waals surface area (Å²) in [5.41, 5.74) is 14.0. The second kappa shape index (κ2) is 10.3. The lowest BCUT2D eigenvalue weighted by Crippen LogP contribution is -2.45. The van der Waals surface area contributed by atoms with Crippen molar-refractivity contribution in [3.63, 3.8) is 0 Å². The molecule has 0 amide bonds. The Balaban J connectivity index is 1.68. The van der Waals surface area contributed by atoms with Crippen molar-refractivity contribution in [2.45, 2.75) is 11.6 Å². The van der Waals surface area contributed by atoms with E-state index in [1.165, 1.54) is 0 Å². The van der Waals surface area contributed by atoms with Crippen molar-refractivity contribution in [3.05, 3.63) is 47.5 Å². The number of nitrogens with one attached hydrogen (secondary N) is 1. The third-order valence-electron chi connectivity index (χ3n) is 5.56. The van der Waals surface area contributed by atoms with E-state index in [1.54, 1.807) is 7.11 Å². The van der Waals surface area contributed by atoms with Crippen LogP contribution in [0, 0.1) is 0 Å². The summed E-state index contributed by atoms with van der Waals surface area (Å²) in [7, 11) is -1.41. The lowest BCUT2D eigenvalue weighted by atomic mass is 10.1. The zero-order valence-electron chi connectivity index (χ0n) is 18.9. The molecule has 2 aliphatic heterocycles. The molecule has 0 bridgehead atoms. The quantitative estimate of drug-likeness (QED) is 0.474. The monoisotopic (exact) mass is 488 g/mol. The molecule has 1 fully saturated rings. The molecule has 0 radical (unpaired) electrons. The van der Waals surface area contributed by atoms with Crippen LogP contribution >= 0.6 is 10.6 Å². The first-order chi connectivity index (χ1) is 16.4. The highest BCUT2D eigenvalue weighted by atomic mass is 32.3.